The second-order valence-electron chi connectivity index (χ2n) is 6.08. The zero-order chi connectivity index (χ0) is 19.8. The molecule has 0 saturated carbocycles. The maximum atomic E-state index is 12.9. The van der Waals surface area contributed by atoms with Crippen LogP contribution < -0.4 is 5.01 Å². The zero-order valence-corrected chi connectivity index (χ0v) is 15.9. The van der Waals surface area contributed by atoms with Gasteiger partial charge in [-0.1, -0.05) is 18.2 Å². The number of rotatable bonds is 9. The van der Waals surface area contributed by atoms with E-state index in [0.717, 1.165) is 5.69 Å². The minimum atomic E-state index is -0.543. The number of ether oxygens (including phenoxy) is 2. The van der Waals surface area contributed by atoms with Crippen LogP contribution in [0.5, 0.6) is 0 Å². The van der Waals surface area contributed by atoms with E-state index in [1.54, 1.807) is 11.9 Å². The van der Waals surface area contributed by atoms with Gasteiger partial charge in [-0.25, -0.2) is 0 Å². The normalized spacial score (nSPS) is 16.0. The lowest BCUT2D eigenvalue weighted by atomic mass is 10.1. The SMILES string of the molecule is CCOC(=O)CN(CCOC)C(=O)C1=NN(c2ccccc2)C(C(C)=O)C1. The first-order valence-corrected chi connectivity index (χ1v) is 8.84. The van der Waals surface area contributed by atoms with E-state index in [1.165, 1.54) is 18.9 Å². The number of hydrazone groups is 1. The number of methoxy groups -OCH3 is 1. The molecule has 0 N–H and O–H groups in total. The van der Waals surface area contributed by atoms with Gasteiger partial charge in [0.25, 0.3) is 5.91 Å². The molecular weight excluding hydrogens is 350 g/mol. The van der Waals surface area contributed by atoms with Gasteiger partial charge in [-0.3, -0.25) is 19.4 Å². The molecule has 1 aromatic carbocycles. The van der Waals surface area contributed by atoms with Crippen molar-refractivity contribution in [2.75, 3.05) is 38.4 Å². The maximum Gasteiger partial charge on any atom is 0.325 e. The van der Waals surface area contributed by atoms with Crippen LogP contribution in [0, 0.1) is 0 Å². The number of carbonyl (C=O) groups excluding carboxylic acids is 3. The summed E-state index contributed by atoms with van der Waals surface area (Å²) in [6.45, 7) is 3.73. The third-order valence-electron chi connectivity index (χ3n) is 4.13. The average Bonchev–Trinajstić information content (AvgIpc) is 3.11. The number of hydrogen-bond donors (Lipinski definition) is 0. The predicted molar refractivity (Wildman–Crippen MR) is 101 cm³/mol. The molecule has 146 valence electrons. The molecule has 0 aliphatic carbocycles. The number of ketones is 1. The van der Waals surface area contributed by atoms with Gasteiger partial charge < -0.3 is 14.4 Å². The molecule has 0 radical (unpaired) electrons. The van der Waals surface area contributed by atoms with Crippen LogP contribution in [0.25, 0.3) is 0 Å². The van der Waals surface area contributed by atoms with Crippen LogP contribution in [0.3, 0.4) is 0 Å². The van der Waals surface area contributed by atoms with Crippen molar-refractivity contribution < 1.29 is 23.9 Å². The fourth-order valence-corrected chi connectivity index (χ4v) is 2.77. The van der Waals surface area contributed by atoms with Crippen LogP contribution in [-0.4, -0.2) is 67.7 Å². The highest BCUT2D eigenvalue weighted by Crippen LogP contribution is 2.25. The molecule has 1 aliphatic heterocycles. The Morgan fingerprint density at radius 1 is 1.26 bits per heavy atom. The molecule has 1 amide bonds. The molecule has 1 atom stereocenters. The number of amides is 1. The van der Waals surface area contributed by atoms with Crippen molar-refractivity contribution in [2.45, 2.75) is 26.3 Å². The Labute approximate surface area is 158 Å². The Morgan fingerprint density at radius 3 is 2.56 bits per heavy atom. The number of para-hydroxylation sites is 1. The first-order valence-electron chi connectivity index (χ1n) is 8.84. The molecule has 8 heteroatoms. The lowest BCUT2D eigenvalue weighted by molar-refractivity contribution is -0.147. The number of anilines is 1. The zero-order valence-electron chi connectivity index (χ0n) is 15.9. The maximum absolute atomic E-state index is 12.9. The largest absolute Gasteiger partial charge is 0.465 e. The molecule has 0 saturated heterocycles. The van der Waals surface area contributed by atoms with Crippen molar-refractivity contribution in [3.8, 4) is 0 Å². The second-order valence-corrected chi connectivity index (χ2v) is 6.08. The standard InChI is InChI=1S/C19H25N3O5/c1-4-27-18(24)13-21(10-11-26-3)19(25)16-12-17(14(2)23)22(20-16)15-8-6-5-7-9-15/h5-9,17H,4,10-13H2,1-3H3. The average molecular weight is 375 g/mol. The summed E-state index contributed by atoms with van der Waals surface area (Å²) in [7, 11) is 1.52. The Morgan fingerprint density at radius 2 is 1.96 bits per heavy atom. The van der Waals surface area contributed by atoms with E-state index in [9.17, 15) is 14.4 Å². The lowest BCUT2D eigenvalue weighted by Crippen LogP contribution is -2.42. The monoisotopic (exact) mass is 375 g/mol. The van der Waals surface area contributed by atoms with Gasteiger partial charge in [0.05, 0.1) is 18.9 Å². The molecule has 1 aliphatic rings. The highest BCUT2D eigenvalue weighted by Gasteiger charge is 2.36. The summed E-state index contributed by atoms with van der Waals surface area (Å²) in [4.78, 5) is 38.2. The van der Waals surface area contributed by atoms with Crippen molar-refractivity contribution in [1.82, 2.24) is 4.90 Å². The van der Waals surface area contributed by atoms with E-state index in [2.05, 4.69) is 5.10 Å². The van der Waals surface area contributed by atoms with E-state index < -0.39 is 17.9 Å². The van der Waals surface area contributed by atoms with Gasteiger partial charge in [-0.15, -0.1) is 0 Å². The molecular formula is C19H25N3O5. The summed E-state index contributed by atoms with van der Waals surface area (Å²) in [5.41, 5.74) is 0.966. The summed E-state index contributed by atoms with van der Waals surface area (Å²) in [5, 5.41) is 5.95. The number of Topliss-reactive ketones (excluding diaryl/α,β-unsaturated/α-hetero) is 1. The number of nitrogens with zero attached hydrogens (tertiary/aromatic N) is 3. The van der Waals surface area contributed by atoms with Crippen LogP contribution in [0.4, 0.5) is 5.69 Å². The highest BCUT2D eigenvalue weighted by molar-refractivity contribution is 6.40. The molecule has 1 heterocycles. The van der Waals surface area contributed by atoms with Crippen LogP contribution in [0.2, 0.25) is 0 Å². The molecule has 27 heavy (non-hydrogen) atoms. The van der Waals surface area contributed by atoms with Crippen LogP contribution in [-0.2, 0) is 23.9 Å². The molecule has 1 aromatic rings. The minimum Gasteiger partial charge on any atom is -0.465 e. The smallest absolute Gasteiger partial charge is 0.325 e. The van der Waals surface area contributed by atoms with Crippen molar-refractivity contribution in [3.05, 3.63) is 30.3 Å². The molecule has 0 fully saturated rings. The molecule has 0 aromatic heterocycles. The second kappa shape index (κ2) is 9.82. The highest BCUT2D eigenvalue weighted by atomic mass is 16.5. The van der Waals surface area contributed by atoms with Gasteiger partial charge in [-0.2, -0.15) is 5.10 Å². The first-order chi connectivity index (χ1) is 13.0. The third kappa shape index (κ3) is 5.37. The van der Waals surface area contributed by atoms with Gasteiger partial charge in [0.1, 0.15) is 18.3 Å². The summed E-state index contributed by atoms with van der Waals surface area (Å²) in [6, 6.07) is 8.66. The summed E-state index contributed by atoms with van der Waals surface area (Å²) >= 11 is 0. The quantitative estimate of drug-likeness (QED) is 0.604. The first kappa shape index (κ1) is 20.6. The Hall–Kier alpha value is -2.74. The Kier molecular flexibility index (Phi) is 7.48. The van der Waals surface area contributed by atoms with E-state index in [-0.39, 0.29) is 44.2 Å². The van der Waals surface area contributed by atoms with Gasteiger partial charge >= 0.3 is 5.97 Å². The minimum absolute atomic E-state index is 0.0840. The van der Waals surface area contributed by atoms with Crippen LogP contribution >= 0.6 is 0 Å². The van der Waals surface area contributed by atoms with E-state index in [1.807, 2.05) is 30.3 Å². The van der Waals surface area contributed by atoms with Crippen molar-refractivity contribution in [1.29, 1.82) is 0 Å². The lowest BCUT2D eigenvalue weighted by Gasteiger charge is -2.21. The molecule has 8 nitrogen and oxygen atoms in total. The predicted octanol–water partition coefficient (Wildman–Crippen LogP) is 1.25. The fraction of sp³-hybridized carbons (Fsp3) is 0.474. The van der Waals surface area contributed by atoms with Gasteiger partial charge in [-0.05, 0) is 26.0 Å². The number of hydrogen-bond acceptors (Lipinski definition) is 7. The van der Waals surface area contributed by atoms with E-state index in [0.29, 0.717) is 0 Å². The third-order valence-corrected chi connectivity index (χ3v) is 4.13. The van der Waals surface area contributed by atoms with Gasteiger partial charge in [0.2, 0.25) is 0 Å². The van der Waals surface area contributed by atoms with Crippen molar-refractivity contribution in [3.63, 3.8) is 0 Å². The Bertz CT molecular complexity index is 705. The molecule has 0 spiro atoms. The van der Waals surface area contributed by atoms with Crippen LogP contribution in [0.1, 0.15) is 20.3 Å². The van der Waals surface area contributed by atoms with Crippen LogP contribution in [0.15, 0.2) is 35.4 Å². The molecule has 0 bridgehead atoms. The molecule has 1 unspecified atom stereocenters. The summed E-state index contributed by atoms with van der Waals surface area (Å²) < 4.78 is 9.96. The summed E-state index contributed by atoms with van der Waals surface area (Å²) in [5.74, 6) is -0.979. The topological polar surface area (TPSA) is 88.5 Å². The van der Waals surface area contributed by atoms with Gasteiger partial charge in [0.15, 0.2) is 5.78 Å². The van der Waals surface area contributed by atoms with E-state index in [4.69, 9.17) is 9.47 Å². The Balaban J connectivity index is 2.22. The fourth-order valence-electron chi connectivity index (χ4n) is 2.77. The van der Waals surface area contributed by atoms with E-state index >= 15 is 0 Å². The van der Waals surface area contributed by atoms with Gasteiger partial charge in [0, 0.05) is 20.1 Å². The van der Waals surface area contributed by atoms with Crippen molar-refractivity contribution in [2.24, 2.45) is 5.10 Å². The summed E-state index contributed by atoms with van der Waals surface area (Å²) in [6.07, 6.45) is 0.190. The number of carbonyl (C=O) groups is 3. The number of benzene rings is 1. The molecule has 2 rings (SSSR count). The van der Waals surface area contributed by atoms with Crippen molar-refractivity contribution >= 4 is 29.1 Å². The number of esters is 1.